The first-order valence-corrected chi connectivity index (χ1v) is 5.86. The molecular weight excluding hydrogens is 280 g/mol. The first-order chi connectivity index (χ1) is 9.49. The second-order valence-electron chi connectivity index (χ2n) is 4.02. The number of hydrogen-bond acceptors (Lipinski definition) is 5. The van der Waals surface area contributed by atoms with E-state index < -0.39 is 0 Å². The fourth-order valence-electron chi connectivity index (χ4n) is 1.80. The number of rotatable bonds is 2. The van der Waals surface area contributed by atoms with Crippen LogP contribution >= 0.6 is 11.6 Å². The molecule has 8 heteroatoms. The van der Waals surface area contributed by atoms with Crippen LogP contribution in [0.5, 0.6) is 0 Å². The van der Waals surface area contributed by atoms with Gasteiger partial charge in [0.2, 0.25) is 5.71 Å². The zero-order valence-electron chi connectivity index (χ0n) is 10.7. The van der Waals surface area contributed by atoms with Crippen LogP contribution in [0.3, 0.4) is 0 Å². The molecule has 1 heterocycles. The van der Waals surface area contributed by atoms with Crippen molar-refractivity contribution in [3.63, 3.8) is 0 Å². The summed E-state index contributed by atoms with van der Waals surface area (Å²) in [6.07, 6.45) is 0. The van der Waals surface area contributed by atoms with Crippen molar-refractivity contribution < 1.29 is 0 Å². The summed E-state index contributed by atoms with van der Waals surface area (Å²) in [6.45, 7) is 0. The summed E-state index contributed by atoms with van der Waals surface area (Å²) in [7, 11) is 3.29. The van der Waals surface area contributed by atoms with Gasteiger partial charge in [0.25, 0.3) is 0 Å². The number of imidazole rings is 1. The van der Waals surface area contributed by atoms with Crippen LogP contribution in [0.15, 0.2) is 22.0 Å². The molecule has 0 aliphatic carbocycles. The Morgan fingerprint density at radius 2 is 1.80 bits per heavy atom. The average molecular weight is 289 g/mol. The number of aryl methyl sites for hydroxylation is 2. The molecule has 7 nitrogen and oxygen atoms in total. The van der Waals surface area contributed by atoms with Crippen molar-refractivity contribution >= 4 is 34.0 Å². The summed E-state index contributed by atoms with van der Waals surface area (Å²) in [5.74, 6) is 0. The van der Waals surface area contributed by atoms with Crippen LogP contribution in [0.1, 0.15) is 0 Å². The quantitative estimate of drug-likeness (QED) is 0.666. The number of nitrogens with zero attached hydrogens (tertiary/aromatic N) is 5. The lowest BCUT2D eigenvalue weighted by Crippen LogP contribution is -2.19. The third-order valence-electron chi connectivity index (χ3n) is 2.86. The zero-order chi connectivity index (χ0) is 14.9. The summed E-state index contributed by atoms with van der Waals surface area (Å²) in [6, 6.07) is 6.51. The monoisotopic (exact) mass is 288 g/mol. The number of aromatic nitrogens is 2. The minimum atomic E-state index is -0.317. The number of halogens is 1. The maximum atomic E-state index is 11.8. The average Bonchev–Trinajstić information content (AvgIpc) is 2.65. The van der Waals surface area contributed by atoms with Crippen LogP contribution in [-0.4, -0.2) is 14.8 Å². The third-order valence-corrected chi connectivity index (χ3v) is 3.17. The van der Waals surface area contributed by atoms with Crippen LogP contribution in [0, 0.1) is 22.7 Å². The van der Waals surface area contributed by atoms with Gasteiger partial charge >= 0.3 is 5.69 Å². The van der Waals surface area contributed by atoms with Crippen molar-refractivity contribution in [3.8, 4) is 12.1 Å². The van der Waals surface area contributed by atoms with Gasteiger partial charge in [0.05, 0.1) is 21.7 Å². The highest BCUT2D eigenvalue weighted by atomic mass is 35.5. The molecule has 1 aromatic carbocycles. The minimum absolute atomic E-state index is 0.175. The minimum Gasteiger partial charge on any atom is -0.295 e. The van der Waals surface area contributed by atoms with Crippen molar-refractivity contribution in [1.82, 2.24) is 9.13 Å². The van der Waals surface area contributed by atoms with E-state index in [0.29, 0.717) is 21.7 Å². The fraction of sp³-hybridized carbons (Fsp3) is 0.167. The van der Waals surface area contributed by atoms with E-state index in [4.69, 9.17) is 22.1 Å². The number of nitrogens with one attached hydrogen (secondary N) is 1. The van der Waals surface area contributed by atoms with Gasteiger partial charge in [-0.3, -0.25) is 14.6 Å². The molecule has 0 spiro atoms. The number of nitriles is 2. The topological polar surface area (TPSA) is 98.9 Å². The predicted molar refractivity (Wildman–Crippen MR) is 75.5 cm³/mol. The summed E-state index contributed by atoms with van der Waals surface area (Å²) in [4.78, 5) is 11.8. The SMILES string of the molecule is Cn1c(=O)n(C)c2cc(NN=C(C#N)C#N)c(Cl)cc21. The maximum Gasteiger partial charge on any atom is 0.328 e. The molecule has 0 atom stereocenters. The van der Waals surface area contributed by atoms with Gasteiger partial charge < -0.3 is 0 Å². The van der Waals surface area contributed by atoms with Crippen LogP contribution in [0.25, 0.3) is 11.0 Å². The highest BCUT2D eigenvalue weighted by molar-refractivity contribution is 6.34. The molecule has 0 fully saturated rings. The van der Waals surface area contributed by atoms with E-state index in [9.17, 15) is 4.79 Å². The molecule has 2 aromatic rings. The lowest BCUT2D eigenvalue weighted by Gasteiger charge is -2.04. The normalized spacial score (nSPS) is 9.85. The molecule has 0 aliphatic rings. The van der Waals surface area contributed by atoms with Crippen LogP contribution in [-0.2, 0) is 14.1 Å². The molecule has 0 bridgehead atoms. The Morgan fingerprint density at radius 3 is 2.35 bits per heavy atom. The van der Waals surface area contributed by atoms with E-state index in [1.165, 1.54) is 9.13 Å². The lowest BCUT2D eigenvalue weighted by atomic mass is 10.2. The molecule has 100 valence electrons. The van der Waals surface area contributed by atoms with E-state index >= 15 is 0 Å². The summed E-state index contributed by atoms with van der Waals surface area (Å²) in [5.41, 5.74) is 3.80. The van der Waals surface area contributed by atoms with Crippen molar-refractivity contribution in [2.75, 3.05) is 5.43 Å². The molecule has 0 unspecified atom stereocenters. The fourth-order valence-corrected chi connectivity index (χ4v) is 2.00. The van der Waals surface area contributed by atoms with Gasteiger partial charge in [-0.15, -0.1) is 0 Å². The Balaban J connectivity index is 2.58. The van der Waals surface area contributed by atoms with E-state index in [1.54, 1.807) is 38.4 Å². The van der Waals surface area contributed by atoms with Crippen molar-refractivity contribution in [1.29, 1.82) is 10.5 Å². The molecule has 2 rings (SSSR count). The number of fused-ring (bicyclic) bond motifs is 1. The van der Waals surface area contributed by atoms with Gasteiger partial charge in [0, 0.05) is 14.1 Å². The van der Waals surface area contributed by atoms with Gasteiger partial charge in [-0.1, -0.05) is 11.6 Å². The van der Waals surface area contributed by atoms with Gasteiger partial charge in [0.15, 0.2) is 0 Å². The maximum absolute atomic E-state index is 11.8. The summed E-state index contributed by atoms with van der Waals surface area (Å²) in [5, 5.41) is 21.2. The number of benzene rings is 1. The van der Waals surface area contributed by atoms with Gasteiger partial charge in [-0.05, 0) is 12.1 Å². The van der Waals surface area contributed by atoms with E-state index in [1.807, 2.05) is 0 Å². The Bertz CT molecular complexity index is 845. The molecule has 0 saturated heterocycles. The first kappa shape index (κ1) is 13.7. The highest BCUT2D eigenvalue weighted by Gasteiger charge is 2.11. The Kier molecular flexibility index (Phi) is 3.47. The molecule has 0 amide bonds. The molecule has 0 radical (unpaired) electrons. The number of anilines is 1. The van der Waals surface area contributed by atoms with Gasteiger partial charge in [-0.2, -0.15) is 15.6 Å². The van der Waals surface area contributed by atoms with Crippen LogP contribution in [0.2, 0.25) is 5.02 Å². The predicted octanol–water partition coefficient (Wildman–Crippen LogP) is 1.35. The molecule has 0 saturated carbocycles. The van der Waals surface area contributed by atoms with E-state index in [2.05, 4.69) is 10.5 Å². The summed E-state index contributed by atoms with van der Waals surface area (Å²) < 4.78 is 2.94. The molecule has 20 heavy (non-hydrogen) atoms. The Morgan fingerprint density at radius 1 is 1.25 bits per heavy atom. The third kappa shape index (κ3) is 2.11. The number of hydrazone groups is 1. The van der Waals surface area contributed by atoms with Crippen LogP contribution < -0.4 is 11.1 Å². The van der Waals surface area contributed by atoms with Crippen molar-refractivity contribution in [2.45, 2.75) is 0 Å². The summed E-state index contributed by atoms with van der Waals surface area (Å²) >= 11 is 6.08. The van der Waals surface area contributed by atoms with E-state index in [-0.39, 0.29) is 11.4 Å². The standard InChI is InChI=1S/C12H9ClN6O/c1-18-10-3-8(13)9(17-16-7(5-14)6-15)4-11(10)19(2)12(18)20/h3-4,17H,1-2H3. The molecule has 1 N–H and O–H groups in total. The molecular formula is C12H9ClN6O. The first-order valence-electron chi connectivity index (χ1n) is 5.48. The zero-order valence-corrected chi connectivity index (χ0v) is 11.4. The lowest BCUT2D eigenvalue weighted by molar-refractivity contribution is 0.795. The van der Waals surface area contributed by atoms with E-state index in [0.717, 1.165) is 0 Å². The van der Waals surface area contributed by atoms with Crippen molar-refractivity contribution in [2.24, 2.45) is 19.2 Å². The van der Waals surface area contributed by atoms with Gasteiger partial charge in [0.1, 0.15) is 12.1 Å². The number of hydrogen-bond donors (Lipinski definition) is 1. The van der Waals surface area contributed by atoms with Crippen LogP contribution in [0.4, 0.5) is 5.69 Å². The highest BCUT2D eigenvalue weighted by Crippen LogP contribution is 2.27. The second kappa shape index (κ2) is 5.08. The smallest absolute Gasteiger partial charge is 0.295 e. The molecule has 1 aromatic heterocycles. The molecule has 0 aliphatic heterocycles. The van der Waals surface area contributed by atoms with Gasteiger partial charge in [-0.25, -0.2) is 4.79 Å². The Labute approximate surface area is 118 Å². The Hall–Kier alpha value is -2.77. The van der Waals surface area contributed by atoms with Crippen molar-refractivity contribution in [3.05, 3.63) is 27.6 Å². The largest absolute Gasteiger partial charge is 0.328 e. The second-order valence-corrected chi connectivity index (χ2v) is 4.42.